The first-order chi connectivity index (χ1) is 12.5. The maximum atomic E-state index is 11.9. The number of aromatic hydroxyl groups is 1. The van der Waals surface area contributed by atoms with Crippen LogP contribution in [-0.4, -0.2) is 49.4 Å². The molecular weight excluding hydrogens is 338 g/mol. The van der Waals surface area contributed by atoms with Gasteiger partial charge in [0, 0.05) is 37.5 Å². The molecule has 7 nitrogen and oxygen atoms in total. The van der Waals surface area contributed by atoms with Crippen molar-refractivity contribution in [2.24, 2.45) is 0 Å². The molecule has 1 aliphatic heterocycles. The largest absolute Gasteiger partial charge is 0.507 e. The highest BCUT2D eigenvalue weighted by atomic mass is 16.5. The molecule has 7 heteroatoms. The number of hydrogen-bond acceptors (Lipinski definition) is 7. The van der Waals surface area contributed by atoms with E-state index >= 15 is 0 Å². The van der Waals surface area contributed by atoms with Crippen LogP contribution in [0.2, 0.25) is 0 Å². The van der Waals surface area contributed by atoms with Crippen molar-refractivity contribution in [2.45, 2.75) is 26.3 Å². The van der Waals surface area contributed by atoms with Crippen LogP contribution in [0.25, 0.3) is 11.0 Å². The number of carbonyl (C=O) groups excluding carboxylic acids is 1. The SMILES string of the molecule is COC(=O)CCc1cc2c(C)cc(=O)oc2c(CN2CCOCC2)c1O. The molecule has 1 saturated heterocycles. The molecule has 0 radical (unpaired) electrons. The summed E-state index contributed by atoms with van der Waals surface area (Å²) in [4.78, 5) is 25.5. The van der Waals surface area contributed by atoms with Crippen molar-refractivity contribution in [2.75, 3.05) is 33.4 Å². The number of benzene rings is 1. The molecule has 140 valence electrons. The lowest BCUT2D eigenvalue weighted by molar-refractivity contribution is -0.140. The van der Waals surface area contributed by atoms with Crippen LogP contribution in [0.3, 0.4) is 0 Å². The molecule has 1 aliphatic rings. The zero-order chi connectivity index (χ0) is 18.7. The molecule has 0 aliphatic carbocycles. The normalized spacial score (nSPS) is 15.3. The highest BCUT2D eigenvalue weighted by Crippen LogP contribution is 2.34. The average molecular weight is 361 g/mol. The Morgan fingerprint density at radius 2 is 2.04 bits per heavy atom. The topological polar surface area (TPSA) is 89.2 Å². The first kappa shape index (κ1) is 18.4. The number of phenolic OH excluding ortho intramolecular Hbond substituents is 1. The van der Waals surface area contributed by atoms with Gasteiger partial charge in [0.25, 0.3) is 0 Å². The summed E-state index contributed by atoms with van der Waals surface area (Å²) < 4.78 is 15.5. The van der Waals surface area contributed by atoms with E-state index in [4.69, 9.17) is 9.15 Å². The lowest BCUT2D eigenvalue weighted by atomic mass is 9.98. The molecule has 1 aromatic heterocycles. The second-order valence-electron chi connectivity index (χ2n) is 6.45. The predicted octanol–water partition coefficient (Wildman–Crippen LogP) is 1.74. The molecule has 0 unspecified atom stereocenters. The van der Waals surface area contributed by atoms with Crippen LogP contribution < -0.4 is 5.63 Å². The Morgan fingerprint density at radius 3 is 2.73 bits per heavy atom. The number of nitrogens with zero attached hydrogens (tertiary/aromatic N) is 1. The standard InChI is InChI=1S/C19H23NO6/c1-12-9-17(22)26-19-14(12)10-13(3-4-16(21)24-2)18(23)15(19)11-20-5-7-25-8-6-20/h9-10,23H,3-8,11H2,1-2H3. The van der Waals surface area contributed by atoms with Gasteiger partial charge in [-0.05, 0) is 30.5 Å². The molecule has 0 amide bonds. The minimum absolute atomic E-state index is 0.0710. The van der Waals surface area contributed by atoms with Gasteiger partial charge in [-0.25, -0.2) is 4.79 Å². The van der Waals surface area contributed by atoms with Crippen LogP contribution in [0.1, 0.15) is 23.1 Å². The molecule has 1 aromatic carbocycles. The van der Waals surface area contributed by atoms with Crippen molar-refractivity contribution < 1.29 is 23.8 Å². The number of hydrogen-bond donors (Lipinski definition) is 1. The molecule has 0 bridgehead atoms. The molecule has 1 N–H and O–H groups in total. The van der Waals surface area contributed by atoms with E-state index in [0.717, 1.165) is 24.0 Å². The Balaban J connectivity index is 2.06. The predicted molar refractivity (Wildman–Crippen MR) is 95.3 cm³/mol. The van der Waals surface area contributed by atoms with E-state index in [1.54, 1.807) is 6.07 Å². The van der Waals surface area contributed by atoms with E-state index in [2.05, 4.69) is 9.64 Å². The lowest BCUT2D eigenvalue weighted by Crippen LogP contribution is -2.35. The molecular formula is C19H23NO6. The second-order valence-corrected chi connectivity index (χ2v) is 6.45. The van der Waals surface area contributed by atoms with Crippen LogP contribution in [-0.2, 0) is 27.2 Å². The summed E-state index contributed by atoms with van der Waals surface area (Å²) in [6.07, 6.45) is 0.519. The Labute approximate surface area is 151 Å². The fourth-order valence-corrected chi connectivity index (χ4v) is 3.23. The van der Waals surface area contributed by atoms with Crippen molar-refractivity contribution in [3.05, 3.63) is 39.2 Å². The number of phenols is 1. The Kier molecular flexibility index (Phi) is 5.58. The van der Waals surface area contributed by atoms with Crippen LogP contribution in [0.4, 0.5) is 0 Å². The lowest BCUT2D eigenvalue weighted by Gasteiger charge is -2.27. The number of methoxy groups -OCH3 is 1. The number of esters is 1. The van der Waals surface area contributed by atoms with Gasteiger partial charge in [-0.3, -0.25) is 9.69 Å². The number of rotatable bonds is 5. The van der Waals surface area contributed by atoms with E-state index in [1.807, 2.05) is 6.92 Å². The van der Waals surface area contributed by atoms with Gasteiger partial charge in [0.2, 0.25) is 0 Å². The maximum absolute atomic E-state index is 11.9. The number of morpholine rings is 1. The van der Waals surface area contributed by atoms with E-state index in [9.17, 15) is 14.7 Å². The van der Waals surface area contributed by atoms with Gasteiger partial charge in [0.05, 0.1) is 25.9 Å². The minimum Gasteiger partial charge on any atom is -0.507 e. The summed E-state index contributed by atoms with van der Waals surface area (Å²) in [5.41, 5.74) is 1.95. The van der Waals surface area contributed by atoms with Crippen molar-refractivity contribution >= 4 is 16.9 Å². The minimum atomic E-state index is -0.445. The van der Waals surface area contributed by atoms with E-state index in [-0.39, 0.29) is 18.1 Å². The fourth-order valence-electron chi connectivity index (χ4n) is 3.23. The highest BCUT2D eigenvalue weighted by molar-refractivity contribution is 5.86. The number of carbonyl (C=O) groups is 1. The van der Waals surface area contributed by atoms with Gasteiger partial charge in [0.15, 0.2) is 0 Å². The van der Waals surface area contributed by atoms with Crippen LogP contribution >= 0.6 is 0 Å². The van der Waals surface area contributed by atoms with Gasteiger partial charge < -0.3 is 19.0 Å². The van der Waals surface area contributed by atoms with Gasteiger partial charge >= 0.3 is 11.6 Å². The summed E-state index contributed by atoms with van der Waals surface area (Å²) in [7, 11) is 1.34. The summed E-state index contributed by atoms with van der Waals surface area (Å²) in [5.74, 6) is -0.266. The van der Waals surface area contributed by atoms with E-state index in [1.165, 1.54) is 13.2 Å². The first-order valence-corrected chi connectivity index (χ1v) is 8.64. The van der Waals surface area contributed by atoms with Crippen molar-refractivity contribution in [1.29, 1.82) is 0 Å². The van der Waals surface area contributed by atoms with Crippen LogP contribution in [0.5, 0.6) is 5.75 Å². The summed E-state index contributed by atoms with van der Waals surface area (Å²) in [6, 6.07) is 3.22. The van der Waals surface area contributed by atoms with Crippen molar-refractivity contribution in [3.63, 3.8) is 0 Å². The number of ether oxygens (including phenoxy) is 2. The van der Waals surface area contributed by atoms with Gasteiger partial charge in [-0.1, -0.05) is 0 Å². The molecule has 26 heavy (non-hydrogen) atoms. The zero-order valence-corrected chi connectivity index (χ0v) is 15.0. The van der Waals surface area contributed by atoms with Crippen LogP contribution in [0.15, 0.2) is 21.3 Å². The first-order valence-electron chi connectivity index (χ1n) is 8.64. The molecule has 0 spiro atoms. The van der Waals surface area contributed by atoms with Gasteiger partial charge in [0.1, 0.15) is 11.3 Å². The highest BCUT2D eigenvalue weighted by Gasteiger charge is 2.21. The van der Waals surface area contributed by atoms with Gasteiger partial charge in [-0.2, -0.15) is 0 Å². The maximum Gasteiger partial charge on any atom is 0.336 e. The van der Waals surface area contributed by atoms with E-state index < -0.39 is 5.63 Å². The summed E-state index contributed by atoms with van der Waals surface area (Å²) >= 11 is 0. The van der Waals surface area contributed by atoms with Gasteiger partial charge in [-0.15, -0.1) is 0 Å². The third-order valence-electron chi connectivity index (χ3n) is 4.70. The smallest absolute Gasteiger partial charge is 0.336 e. The summed E-state index contributed by atoms with van der Waals surface area (Å²) in [5, 5.41) is 11.6. The van der Waals surface area contributed by atoms with Crippen LogP contribution in [0, 0.1) is 6.92 Å². The second kappa shape index (κ2) is 7.88. The summed E-state index contributed by atoms with van der Waals surface area (Å²) in [6.45, 7) is 5.02. The monoisotopic (exact) mass is 361 g/mol. The Morgan fingerprint density at radius 1 is 1.31 bits per heavy atom. The fraction of sp³-hybridized carbons (Fsp3) is 0.474. The number of aryl methyl sites for hydroxylation is 2. The molecule has 2 heterocycles. The molecule has 0 saturated carbocycles. The van der Waals surface area contributed by atoms with E-state index in [0.29, 0.717) is 42.9 Å². The zero-order valence-electron chi connectivity index (χ0n) is 15.0. The molecule has 1 fully saturated rings. The van der Waals surface area contributed by atoms with Crippen molar-refractivity contribution in [1.82, 2.24) is 4.90 Å². The third-order valence-corrected chi connectivity index (χ3v) is 4.70. The van der Waals surface area contributed by atoms with Crippen molar-refractivity contribution in [3.8, 4) is 5.75 Å². The quantitative estimate of drug-likeness (QED) is 0.641. The molecule has 3 rings (SSSR count). The number of fused-ring (bicyclic) bond motifs is 1. The Hall–Kier alpha value is -2.38. The molecule has 0 atom stereocenters. The average Bonchev–Trinajstić information content (AvgIpc) is 2.63. The Bertz CT molecular complexity index is 866. The molecule has 2 aromatic rings. The third kappa shape index (κ3) is 3.89.